The van der Waals surface area contributed by atoms with Gasteiger partial charge in [-0.2, -0.15) is 0 Å². The lowest BCUT2D eigenvalue weighted by Gasteiger charge is -2.42. The predicted molar refractivity (Wildman–Crippen MR) is 111 cm³/mol. The lowest BCUT2D eigenvalue weighted by Crippen LogP contribution is -2.62. The highest BCUT2D eigenvalue weighted by Gasteiger charge is 2.48. The minimum atomic E-state index is -1.35. The van der Waals surface area contributed by atoms with Gasteiger partial charge in [0.05, 0.1) is 0 Å². The Bertz CT molecular complexity index is 887. The van der Waals surface area contributed by atoms with Gasteiger partial charge >= 0.3 is 0 Å². The molecule has 156 valence electrons. The van der Waals surface area contributed by atoms with Crippen LogP contribution in [0.25, 0.3) is 0 Å². The zero-order chi connectivity index (χ0) is 20.8. The highest BCUT2D eigenvalue weighted by molar-refractivity contribution is 5.24. The third-order valence-corrected chi connectivity index (χ3v) is 4.82. The zero-order valence-corrected chi connectivity index (χ0v) is 16.3. The first-order valence-electron chi connectivity index (χ1n) is 9.83. The standard InChI is InChI=1S/C24H24O6/c25-21-22(28-18-12-6-2-7-13-18)20(16-27-17-10-4-1-5-11-17)30-24(26)23(21)29-19-14-8-3-9-15-19/h1-15,20-26H,16H2/t20-,21+,22-,23-,24?/m0/s1. The second-order valence-corrected chi connectivity index (χ2v) is 6.97. The Morgan fingerprint density at radius 1 is 0.633 bits per heavy atom. The maximum absolute atomic E-state index is 11.0. The van der Waals surface area contributed by atoms with Crippen molar-refractivity contribution in [1.82, 2.24) is 0 Å². The molecule has 2 N–H and O–H groups in total. The Kier molecular flexibility index (Phi) is 6.49. The van der Waals surface area contributed by atoms with Crippen molar-refractivity contribution < 1.29 is 29.2 Å². The Labute approximate surface area is 175 Å². The fraction of sp³-hybridized carbons (Fsp3) is 0.250. The molecule has 0 radical (unpaired) electrons. The summed E-state index contributed by atoms with van der Waals surface area (Å²) < 4.78 is 23.4. The van der Waals surface area contributed by atoms with E-state index in [1.165, 1.54) is 0 Å². The van der Waals surface area contributed by atoms with Gasteiger partial charge in [-0.15, -0.1) is 0 Å². The highest BCUT2D eigenvalue weighted by Crippen LogP contribution is 2.28. The molecular weight excluding hydrogens is 384 g/mol. The average Bonchev–Trinajstić information content (AvgIpc) is 2.79. The molecule has 1 saturated heterocycles. The lowest BCUT2D eigenvalue weighted by atomic mass is 9.98. The number of rotatable bonds is 7. The maximum atomic E-state index is 11.0. The number of hydrogen-bond donors (Lipinski definition) is 2. The van der Waals surface area contributed by atoms with Crippen molar-refractivity contribution in [1.29, 1.82) is 0 Å². The van der Waals surface area contributed by atoms with Gasteiger partial charge in [0, 0.05) is 0 Å². The van der Waals surface area contributed by atoms with E-state index in [1.54, 1.807) is 24.3 Å². The third kappa shape index (κ3) is 4.91. The van der Waals surface area contributed by atoms with Crippen molar-refractivity contribution in [2.45, 2.75) is 30.7 Å². The second kappa shape index (κ2) is 9.63. The Balaban J connectivity index is 1.52. The number of ether oxygens (including phenoxy) is 4. The third-order valence-electron chi connectivity index (χ3n) is 4.82. The van der Waals surface area contributed by atoms with Gasteiger partial charge in [-0.1, -0.05) is 54.6 Å². The number of hydrogen-bond acceptors (Lipinski definition) is 6. The summed E-state index contributed by atoms with van der Waals surface area (Å²) in [5.74, 6) is 1.75. The first-order valence-corrected chi connectivity index (χ1v) is 9.83. The van der Waals surface area contributed by atoms with Gasteiger partial charge in [0.2, 0.25) is 0 Å². The van der Waals surface area contributed by atoms with E-state index in [4.69, 9.17) is 18.9 Å². The molecule has 3 aromatic rings. The van der Waals surface area contributed by atoms with E-state index in [-0.39, 0.29) is 6.61 Å². The zero-order valence-electron chi connectivity index (χ0n) is 16.3. The van der Waals surface area contributed by atoms with E-state index in [0.717, 1.165) is 0 Å². The molecule has 3 aromatic carbocycles. The fourth-order valence-electron chi connectivity index (χ4n) is 3.32. The van der Waals surface area contributed by atoms with Gasteiger partial charge in [-0.05, 0) is 36.4 Å². The number of benzene rings is 3. The van der Waals surface area contributed by atoms with E-state index in [2.05, 4.69) is 0 Å². The molecule has 4 rings (SSSR count). The van der Waals surface area contributed by atoms with Crippen molar-refractivity contribution in [3.05, 3.63) is 91.0 Å². The summed E-state index contributed by atoms with van der Waals surface area (Å²) in [5, 5.41) is 21.6. The predicted octanol–water partition coefficient (Wildman–Crippen LogP) is 3.04. The first kappa shape index (κ1) is 20.2. The van der Waals surface area contributed by atoms with Crippen molar-refractivity contribution >= 4 is 0 Å². The van der Waals surface area contributed by atoms with Crippen LogP contribution < -0.4 is 14.2 Å². The van der Waals surface area contributed by atoms with E-state index in [9.17, 15) is 10.2 Å². The molecule has 6 nitrogen and oxygen atoms in total. The van der Waals surface area contributed by atoms with Gasteiger partial charge in [-0.25, -0.2) is 0 Å². The summed E-state index contributed by atoms with van der Waals surface area (Å²) >= 11 is 0. The quantitative estimate of drug-likeness (QED) is 0.626. The Morgan fingerprint density at radius 2 is 1.10 bits per heavy atom. The number of aliphatic hydroxyl groups excluding tert-OH is 2. The van der Waals surface area contributed by atoms with Crippen LogP contribution in [0.15, 0.2) is 91.0 Å². The van der Waals surface area contributed by atoms with E-state index in [1.807, 2.05) is 66.7 Å². The van der Waals surface area contributed by atoms with Crippen molar-refractivity contribution in [2.24, 2.45) is 0 Å². The largest absolute Gasteiger partial charge is 0.491 e. The monoisotopic (exact) mass is 408 g/mol. The van der Waals surface area contributed by atoms with Crippen LogP contribution in [0.3, 0.4) is 0 Å². The van der Waals surface area contributed by atoms with E-state index < -0.39 is 30.7 Å². The molecule has 0 bridgehead atoms. The van der Waals surface area contributed by atoms with Crippen molar-refractivity contribution in [2.75, 3.05) is 6.61 Å². The smallest absolute Gasteiger partial charge is 0.195 e. The summed E-state index contributed by atoms with van der Waals surface area (Å²) in [6, 6.07) is 27.4. The molecule has 1 aliphatic rings. The molecule has 0 saturated carbocycles. The SMILES string of the molecule is OC1O[C@@H](COc2ccccc2)[C@H](Oc2ccccc2)[C@@H](O)[C@@H]1Oc1ccccc1. The molecule has 0 aliphatic carbocycles. The van der Waals surface area contributed by atoms with Crippen LogP contribution in [0, 0.1) is 0 Å². The average molecular weight is 408 g/mol. The molecule has 0 aromatic heterocycles. The molecule has 30 heavy (non-hydrogen) atoms. The molecule has 1 heterocycles. The molecule has 6 heteroatoms. The summed E-state index contributed by atoms with van der Waals surface area (Å²) in [6.07, 6.45) is -5.05. The van der Waals surface area contributed by atoms with Gasteiger partial charge < -0.3 is 29.2 Å². The minimum absolute atomic E-state index is 0.0910. The summed E-state index contributed by atoms with van der Waals surface area (Å²) in [5.41, 5.74) is 0. The minimum Gasteiger partial charge on any atom is -0.491 e. The maximum Gasteiger partial charge on any atom is 0.195 e. The van der Waals surface area contributed by atoms with Crippen LogP contribution in [-0.4, -0.2) is 47.5 Å². The Hall–Kier alpha value is -3.06. The topological polar surface area (TPSA) is 77.4 Å². The summed E-state index contributed by atoms with van der Waals surface area (Å²) in [4.78, 5) is 0. The molecule has 1 unspecified atom stereocenters. The van der Waals surface area contributed by atoms with E-state index in [0.29, 0.717) is 17.2 Å². The normalized spacial score (nSPS) is 26.0. The van der Waals surface area contributed by atoms with Crippen molar-refractivity contribution in [3.63, 3.8) is 0 Å². The fourth-order valence-corrected chi connectivity index (χ4v) is 3.32. The first-order chi connectivity index (χ1) is 14.7. The van der Waals surface area contributed by atoms with Crippen molar-refractivity contribution in [3.8, 4) is 17.2 Å². The van der Waals surface area contributed by atoms with Crippen LogP contribution in [0.4, 0.5) is 0 Å². The molecule has 1 fully saturated rings. The van der Waals surface area contributed by atoms with E-state index >= 15 is 0 Å². The number of aliphatic hydroxyl groups is 2. The molecule has 5 atom stereocenters. The molecular formula is C24H24O6. The molecule has 0 amide bonds. The van der Waals surface area contributed by atoms with Gasteiger partial charge in [0.15, 0.2) is 18.5 Å². The Morgan fingerprint density at radius 3 is 1.63 bits per heavy atom. The molecule has 1 aliphatic heterocycles. The van der Waals surface area contributed by atoms with Gasteiger partial charge in [0.25, 0.3) is 0 Å². The van der Waals surface area contributed by atoms with Crippen LogP contribution in [-0.2, 0) is 4.74 Å². The van der Waals surface area contributed by atoms with Crippen LogP contribution in [0.2, 0.25) is 0 Å². The summed E-state index contributed by atoms with van der Waals surface area (Å²) in [6.45, 7) is 0.0910. The van der Waals surface area contributed by atoms with Gasteiger partial charge in [-0.3, -0.25) is 0 Å². The highest BCUT2D eigenvalue weighted by atomic mass is 16.7. The lowest BCUT2D eigenvalue weighted by molar-refractivity contribution is -0.274. The van der Waals surface area contributed by atoms with Crippen LogP contribution in [0.5, 0.6) is 17.2 Å². The van der Waals surface area contributed by atoms with Gasteiger partial charge in [0.1, 0.15) is 36.1 Å². The van der Waals surface area contributed by atoms with Crippen LogP contribution in [0.1, 0.15) is 0 Å². The van der Waals surface area contributed by atoms with Crippen LogP contribution >= 0.6 is 0 Å². The summed E-state index contributed by atoms with van der Waals surface area (Å²) in [7, 11) is 0. The molecule has 0 spiro atoms. The second-order valence-electron chi connectivity index (χ2n) is 6.97. The number of para-hydroxylation sites is 3.